The van der Waals surface area contributed by atoms with Gasteiger partial charge in [0.1, 0.15) is 6.61 Å². The maximum atomic E-state index is 13.2. The third-order valence-corrected chi connectivity index (χ3v) is 7.05. The zero-order chi connectivity index (χ0) is 25.1. The van der Waals surface area contributed by atoms with Crippen LogP contribution in [-0.4, -0.2) is 23.2 Å². The summed E-state index contributed by atoms with van der Waals surface area (Å²) in [6.07, 6.45) is 1.66. The fourth-order valence-corrected chi connectivity index (χ4v) is 5.19. The van der Waals surface area contributed by atoms with Crippen LogP contribution in [-0.2, 0) is 17.9 Å². The molecule has 0 unspecified atom stereocenters. The van der Waals surface area contributed by atoms with Crippen LogP contribution in [0.2, 0.25) is 5.02 Å². The first kappa shape index (κ1) is 24.0. The molecular formula is C29H22ClNO4S. The van der Waals surface area contributed by atoms with Gasteiger partial charge in [-0.3, -0.25) is 14.5 Å². The highest BCUT2D eigenvalue weighted by Gasteiger charge is 2.35. The summed E-state index contributed by atoms with van der Waals surface area (Å²) >= 11 is 7.43. The van der Waals surface area contributed by atoms with Crippen LogP contribution >= 0.6 is 23.4 Å². The quantitative estimate of drug-likeness (QED) is 0.241. The minimum absolute atomic E-state index is 0.208. The van der Waals surface area contributed by atoms with Crippen molar-refractivity contribution in [3.05, 3.63) is 112 Å². The van der Waals surface area contributed by atoms with Gasteiger partial charge in [-0.2, -0.15) is 0 Å². The van der Waals surface area contributed by atoms with Crippen LogP contribution in [0.1, 0.15) is 16.7 Å². The van der Waals surface area contributed by atoms with E-state index in [1.165, 1.54) is 12.0 Å². The van der Waals surface area contributed by atoms with Gasteiger partial charge in [0.2, 0.25) is 0 Å². The number of hydrogen-bond donors (Lipinski definition) is 0. The standard InChI is InChI=1S/C29H22ClNO4S/c1-34-25-15-20(14-24(30)27(25)35-18-19-8-3-2-4-9-19)16-26-28(32)31(29(33)36-26)17-22-12-7-11-21-10-5-6-13-23(21)22/h2-16H,17-18H2,1H3/b26-16-. The number of nitrogens with zero attached hydrogens (tertiary/aromatic N) is 1. The summed E-state index contributed by atoms with van der Waals surface area (Å²) < 4.78 is 11.4. The van der Waals surface area contributed by atoms with Gasteiger partial charge >= 0.3 is 0 Å². The Bertz CT molecular complexity index is 1480. The van der Waals surface area contributed by atoms with Crippen LogP contribution in [0.3, 0.4) is 0 Å². The molecule has 0 N–H and O–H groups in total. The number of fused-ring (bicyclic) bond motifs is 1. The number of benzene rings is 4. The lowest BCUT2D eigenvalue weighted by Crippen LogP contribution is -2.27. The zero-order valence-corrected chi connectivity index (χ0v) is 21.0. The Balaban J connectivity index is 1.37. The van der Waals surface area contributed by atoms with Gasteiger partial charge in [-0.1, -0.05) is 84.4 Å². The van der Waals surface area contributed by atoms with E-state index in [1.807, 2.05) is 72.8 Å². The van der Waals surface area contributed by atoms with E-state index in [0.717, 1.165) is 33.7 Å². The highest BCUT2D eigenvalue weighted by Crippen LogP contribution is 2.39. The lowest BCUT2D eigenvalue weighted by Gasteiger charge is -2.14. The second kappa shape index (κ2) is 10.5. The monoisotopic (exact) mass is 515 g/mol. The summed E-state index contributed by atoms with van der Waals surface area (Å²) in [5.41, 5.74) is 2.56. The third kappa shape index (κ3) is 4.96. The van der Waals surface area contributed by atoms with Gasteiger partial charge in [-0.25, -0.2) is 0 Å². The van der Waals surface area contributed by atoms with Crippen molar-refractivity contribution in [2.24, 2.45) is 0 Å². The van der Waals surface area contributed by atoms with Gasteiger partial charge in [-0.05, 0) is 57.4 Å². The Hall–Kier alpha value is -3.74. The van der Waals surface area contributed by atoms with E-state index in [4.69, 9.17) is 21.1 Å². The molecule has 1 aliphatic heterocycles. The topological polar surface area (TPSA) is 55.8 Å². The average Bonchev–Trinajstić information content (AvgIpc) is 3.15. The van der Waals surface area contributed by atoms with E-state index < -0.39 is 0 Å². The second-order valence-electron chi connectivity index (χ2n) is 8.21. The van der Waals surface area contributed by atoms with Crippen LogP contribution in [0, 0.1) is 0 Å². The molecular weight excluding hydrogens is 494 g/mol. The van der Waals surface area contributed by atoms with E-state index in [2.05, 4.69) is 0 Å². The highest BCUT2D eigenvalue weighted by molar-refractivity contribution is 8.18. The fraction of sp³-hybridized carbons (Fsp3) is 0.103. The van der Waals surface area contributed by atoms with E-state index in [-0.39, 0.29) is 17.7 Å². The molecule has 0 radical (unpaired) electrons. The van der Waals surface area contributed by atoms with Crippen LogP contribution in [0.5, 0.6) is 11.5 Å². The molecule has 0 spiro atoms. The van der Waals surface area contributed by atoms with Crippen LogP contribution < -0.4 is 9.47 Å². The van der Waals surface area contributed by atoms with Crippen LogP contribution in [0.25, 0.3) is 16.8 Å². The summed E-state index contributed by atoms with van der Waals surface area (Å²) in [6, 6.07) is 27.0. The van der Waals surface area contributed by atoms with E-state index in [0.29, 0.717) is 33.6 Å². The molecule has 180 valence electrons. The first-order valence-corrected chi connectivity index (χ1v) is 12.5. The van der Waals surface area contributed by atoms with Gasteiger partial charge in [0, 0.05) is 0 Å². The van der Waals surface area contributed by atoms with Gasteiger partial charge in [0.05, 0.1) is 23.6 Å². The lowest BCUT2D eigenvalue weighted by molar-refractivity contribution is -0.123. The van der Waals surface area contributed by atoms with Crippen molar-refractivity contribution in [2.75, 3.05) is 7.11 Å². The molecule has 1 heterocycles. The fourth-order valence-electron chi connectivity index (χ4n) is 4.08. The highest BCUT2D eigenvalue weighted by atomic mass is 35.5. The SMILES string of the molecule is COc1cc(/C=C2\SC(=O)N(Cc3cccc4ccccc34)C2=O)cc(Cl)c1OCc1ccccc1. The first-order chi connectivity index (χ1) is 17.5. The predicted octanol–water partition coefficient (Wildman–Crippen LogP) is 7.32. The van der Waals surface area contributed by atoms with Crippen LogP contribution in [0.15, 0.2) is 89.8 Å². The number of halogens is 1. The Labute approximate surface area is 218 Å². The number of rotatable bonds is 7. The van der Waals surface area contributed by atoms with Crippen molar-refractivity contribution in [3.8, 4) is 11.5 Å². The molecule has 5 nitrogen and oxygen atoms in total. The molecule has 4 aromatic carbocycles. The zero-order valence-electron chi connectivity index (χ0n) is 19.4. The molecule has 36 heavy (non-hydrogen) atoms. The van der Waals surface area contributed by atoms with Gasteiger partial charge < -0.3 is 9.47 Å². The molecule has 4 aromatic rings. The number of imide groups is 1. The normalized spacial score (nSPS) is 14.6. The minimum atomic E-state index is -0.336. The number of methoxy groups -OCH3 is 1. The smallest absolute Gasteiger partial charge is 0.293 e. The molecule has 0 atom stereocenters. The molecule has 5 rings (SSSR count). The predicted molar refractivity (Wildman–Crippen MR) is 144 cm³/mol. The molecule has 7 heteroatoms. The van der Waals surface area contributed by atoms with Crippen LogP contribution in [0.4, 0.5) is 4.79 Å². The molecule has 0 bridgehead atoms. The summed E-state index contributed by atoms with van der Waals surface area (Å²) in [7, 11) is 1.53. The molecule has 0 aliphatic carbocycles. The molecule has 1 saturated heterocycles. The van der Waals surface area contributed by atoms with Crippen molar-refractivity contribution < 1.29 is 19.1 Å². The molecule has 0 saturated carbocycles. The first-order valence-electron chi connectivity index (χ1n) is 11.3. The van der Waals surface area contributed by atoms with Crippen molar-refractivity contribution >= 4 is 51.4 Å². The van der Waals surface area contributed by atoms with Crippen molar-refractivity contribution in [2.45, 2.75) is 13.2 Å². The number of carbonyl (C=O) groups is 2. The summed E-state index contributed by atoms with van der Waals surface area (Å²) in [4.78, 5) is 27.5. The Morgan fingerprint density at radius 3 is 2.50 bits per heavy atom. The third-order valence-electron chi connectivity index (χ3n) is 5.86. The molecule has 1 fully saturated rings. The van der Waals surface area contributed by atoms with E-state index in [1.54, 1.807) is 18.2 Å². The Kier molecular flexibility index (Phi) is 6.98. The molecule has 0 aromatic heterocycles. The number of carbonyl (C=O) groups excluding carboxylic acids is 2. The number of ether oxygens (including phenoxy) is 2. The number of hydrogen-bond acceptors (Lipinski definition) is 5. The second-order valence-corrected chi connectivity index (χ2v) is 9.61. The summed E-state index contributed by atoms with van der Waals surface area (Å²) in [5.74, 6) is 0.529. The van der Waals surface area contributed by atoms with Crippen molar-refractivity contribution in [3.63, 3.8) is 0 Å². The van der Waals surface area contributed by atoms with Gasteiger partial charge in [0.25, 0.3) is 11.1 Å². The van der Waals surface area contributed by atoms with E-state index in [9.17, 15) is 9.59 Å². The van der Waals surface area contributed by atoms with Crippen molar-refractivity contribution in [1.82, 2.24) is 4.90 Å². The maximum Gasteiger partial charge on any atom is 0.293 e. The Morgan fingerprint density at radius 1 is 0.944 bits per heavy atom. The summed E-state index contributed by atoms with van der Waals surface area (Å²) in [6.45, 7) is 0.545. The summed E-state index contributed by atoms with van der Waals surface area (Å²) in [5, 5.41) is 2.13. The van der Waals surface area contributed by atoms with Gasteiger partial charge in [-0.15, -0.1) is 0 Å². The minimum Gasteiger partial charge on any atom is -0.493 e. The average molecular weight is 516 g/mol. The molecule has 2 amide bonds. The Morgan fingerprint density at radius 2 is 1.69 bits per heavy atom. The number of amides is 2. The largest absolute Gasteiger partial charge is 0.493 e. The van der Waals surface area contributed by atoms with Crippen molar-refractivity contribution in [1.29, 1.82) is 0 Å². The molecule has 1 aliphatic rings. The number of thioether (sulfide) groups is 1. The maximum absolute atomic E-state index is 13.2. The van der Waals surface area contributed by atoms with Gasteiger partial charge in [0.15, 0.2) is 11.5 Å². The van der Waals surface area contributed by atoms with E-state index >= 15 is 0 Å². The lowest BCUT2D eigenvalue weighted by atomic mass is 10.0.